The van der Waals surface area contributed by atoms with Crippen LogP contribution in [0.15, 0.2) is 36.4 Å². The van der Waals surface area contributed by atoms with Crippen LogP contribution < -0.4 is 9.64 Å². The molecule has 0 aliphatic carbocycles. The van der Waals surface area contributed by atoms with Gasteiger partial charge in [-0.1, -0.05) is 19.1 Å². The number of anilines is 2. The molecule has 0 saturated heterocycles. The third kappa shape index (κ3) is 3.14. The fraction of sp³-hybridized carbons (Fsp3) is 0.250. The predicted octanol–water partition coefficient (Wildman–Crippen LogP) is 5.01. The zero-order valence-electron chi connectivity index (χ0n) is 14.5. The van der Waals surface area contributed by atoms with Crippen molar-refractivity contribution in [2.75, 3.05) is 11.5 Å². The van der Waals surface area contributed by atoms with E-state index in [0.717, 1.165) is 0 Å². The Hall–Kier alpha value is -2.89. The van der Waals surface area contributed by atoms with Gasteiger partial charge >= 0.3 is 5.97 Å². The van der Waals surface area contributed by atoms with Crippen LogP contribution in [0.5, 0.6) is 5.75 Å². The van der Waals surface area contributed by atoms with Crippen molar-refractivity contribution in [1.82, 2.24) is 0 Å². The Morgan fingerprint density at radius 2 is 1.96 bits per heavy atom. The zero-order chi connectivity index (χ0) is 18.8. The molecule has 0 fully saturated rings. The maximum atomic E-state index is 15.0. The molecule has 4 nitrogen and oxygen atoms in total. The first-order valence-corrected chi connectivity index (χ1v) is 8.39. The molecule has 1 atom stereocenters. The highest BCUT2D eigenvalue weighted by Gasteiger charge is 2.27. The number of hydrogen-bond acceptors (Lipinski definition) is 3. The Morgan fingerprint density at radius 3 is 2.65 bits per heavy atom. The Kier molecular flexibility index (Phi) is 4.93. The predicted molar refractivity (Wildman–Crippen MR) is 96.2 cm³/mol. The zero-order valence-corrected chi connectivity index (χ0v) is 14.5. The third-order valence-electron chi connectivity index (χ3n) is 4.23. The van der Waals surface area contributed by atoms with Crippen LogP contribution in [0, 0.1) is 11.6 Å². The second-order valence-electron chi connectivity index (χ2n) is 6.11. The number of nitrogens with zero attached hydrogens (tertiary/aromatic N) is 1. The minimum atomic E-state index is -1.03. The first kappa shape index (κ1) is 17.9. The van der Waals surface area contributed by atoms with E-state index in [1.165, 1.54) is 24.3 Å². The number of hydrogen-bond donors (Lipinski definition) is 1. The molecule has 1 N–H and O–H groups in total. The molecular weight excluding hydrogens is 340 g/mol. The molecule has 2 aromatic rings. The van der Waals surface area contributed by atoms with E-state index in [4.69, 9.17) is 9.84 Å². The quantitative estimate of drug-likeness (QED) is 0.816. The van der Waals surface area contributed by atoms with E-state index >= 15 is 0 Å². The summed E-state index contributed by atoms with van der Waals surface area (Å²) in [7, 11) is 0. The lowest BCUT2D eigenvalue weighted by atomic mass is 10.00. The maximum Gasteiger partial charge on any atom is 0.335 e. The van der Waals surface area contributed by atoms with Crippen LogP contribution in [-0.4, -0.2) is 23.7 Å². The van der Waals surface area contributed by atoms with Gasteiger partial charge in [-0.15, -0.1) is 0 Å². The molecule has 0 saturated carbocycles. The molecule has 2 aromatic carbocycles. The van der Waals surface area contributed by atoms with E-state index in [-0.39, 0.29) is 23.9 Å². The van der Waals surface area contributed by atoms with E-state index in [0.29, 0.717) is 17.7 Å². The molecule has 1 aliphatic heterocycles. The number of rotatable bonds is 5. The number of carboxylic acid groups (broad SMARTS) is 1. The summed E-state index contributed by atoms with van der Waals surface area (Å²) in [6, 6.07) is 6.98. The number of benzene rings is 2. The average Bonchev–Trinajstić information content (AvgIpc) is 2.62. The number of fused-ring (bicyclic) bond motifs is 1. The van der Waals surface area contributed by atoms with E-state index in [1.807, 2.05) is 19.9 Å². The van der Waals surface area contributed by atoms with Crippen molar-refractivity contribution in [3.8, 4) is 5.75 Å². The molecule has 26 heavy (non-hydrogen) atoms. The highest BCUT2D eigenvalue weighted by molar-refractivity contribution is 5.91. The second kappa shape index (κ2) is 7.15. The van der Waals surface area contributed by atoms with Crippen molar-refractivity contribution in [2.45, 2.75) is 26.3 Å². The van der Waals surface area contributed by atoms with Crippen molar-refractivity contribution < 1.29 is 23.4 Å². The van der Waals surface area contributed by atoms with Gasteiger partial charge in [-0.05, 0) is 49.2 Å². The number of aromatic carboxylic acids is 1. The number of carbonyl (C=O) groups is 1. The summed E-state index contributed by atoms with van der Waals surface area (Å²) in [4.78, 5) is 12.9. The molecule has 3 rings (SSSR count). The fourth-order valence-corrected chi connectivity index (χ4v) is 2.98. The summed E-state index contributed by atoms with van der Waals surface area (Å²) in [6.45, 7) is 3.94. The minimum absolute atomic E-state index is 0.148. The van der Waals surface area contributed by atoms with Crippen LogP contribution in [0.25, 0.3) is 6.08 Å². The monoisotopic (exact) mass is 359 g/mol. The van der Waals surface area contributed by atoms with Crippen molar-refractivity contribution in [2.24, 2.45) is 0 Å². The second-order valence-corrected chi connectivity index (χ2v) is 6.11. The summed E-state index contributed by atoms with van der Waals surface area (Å²) in [5.41, 5.74) is 1.63. The van der Waals surface area contributed by atoms with Gasteiger partial charge in [0.15, 0.2) is 17.4 Å². The third-order valence-corrected chi connectivity index (χ3v) is 4.23. The molecule has 136 valence electrons. The summed E-state index contributed by atoms with van der Waals surface area (Å²) in [6.07, 6.45) is 4.27. The number of ether oxygens (including phenoxy) is 1. The van der Waals surface area contributed by atoms with Gasteiger partial charge in [-0.3, -0.25) is 0 Å². The smallest absolute Gasteiger partial charge is 0.335 e. The Balaban J connectivity index is 2.10. The van der Waals surface area contributed by atoms with Gasteiger partial charge in [0.2, 0.25) is 0 Å². The summed E-state index contributed by atoms with van der Waals surface area (Å²) in [5.74, 6) is -2.94. The summed E-state index contributed by atoms with van der Waals surface area (Å²) >= 11 is 0. The van der Waals surface area contributed by atoms with E-state index in [2.05, 4.69) is 0 Å². The largest absolute Gasteiger partial charge is 0.488 e. The molecule has 6 heteroatoms. The Labute approximate surface area is 150 Å². The molecule has 0 radical (unpaired) electrons. The molecule has 0 amide bonds. The first-order chi connectivity index (χ1) is 12.4. The fourth-order valence-electron chi connectivity index (χ4n) is 2.98. The molecule has 0 spiro atoms. The normalized spacial score (nSPS) is 15.7. The summed E-state index contributed by atoms with van der Waals surface area (Å²) < 4.78 is 34.2. The van der Waals surface area contributed by atoms with Gasteiger partial charge in [-0.25, -0.2) is 13.6 Å². The average molecular weight is 359 g/mol. The number of halogens is 2. The highest BCUT2D eigenvalue weighted by Crippen LogP contribution is 2.40. The molecule has 1 aliphatic rings. The highest BCUT2D eigenvalue weighted by atomic mass is 19.1. The SMILES string of the molecule is CCCOc1c(F)ccc(N2c3ccc(C(=O)O)cc3C=CC2C)c1F. The Morgan fingerprint density at radius 1 is 1.23 bits per heavy atom. The van der Waals surface area contributed by atoms with E-state index in [1.54, 1.807) is 17.0 Å². The van der Waals surface area contributed by atoms with Gasteiger partial charge in [0.1, 0.15) is 0 Å². The van der Waals surface area contributed by atoms with Crippen LogP contribution in [0.2, 0.25) is 0 Å². The molecule has 0 aromatic heterocycles. The number of carboxylic acids is 1. The van der Waals surface area contributed by atoms with Crippen molar-refractivity contribution >= 4 is 23.4 Å². The standard InChI is InChI=1S/C20H19F2NO3/c1-3-10-26-19-15(21)7-9-17(18(19)22)23-12(2)4-5-13-11-14(20(24)25)6-8-16(13)23/h4-9,11-12H,3,10H2,1-2H3,(H,24,25). The van der Waals surface area contributed by atoms with Crippen molar-refractivity contribution in [3.05, 3.63) is 59.2 Å². The molecular formula is C20H19F2NO3. The van der Waals surface area contributed by atoms with Crippen LogP contribution in [0.3, 0.4) is 0 Å². The molecule has 1 unspecified atom stereocenters. The van der Waals surface area contributed by atoms with Crippen molar-refractivity contribution in [3.63, 3.8) is 0 Å². The van der Waals surface area contributed by atoms with Gasteiger partial charge < -0.3 is 14.7 Å². The van der Waals surface area contributed by atoms with E-state index < -0.39 is 23.4 Å². The van der Waals surface area contributed by atoms with Gasteiger partial charge in [-0.2, -0.15) is 0 Å². The van der Waals surface area contributed by atoms with Crippen LogP contribution in [0.1, 0.15) is 36.2 Å². The van der Waals surface area contributed by atoms with Crippen LogP contribution in [-0.2, 0) is 0 Å². The lowest BCUT2D eigenvalue weighted by Gasteiger charge is -2.34. The molecule has 1 heterocycles. The maximum absolute atomic E-state index is 15.0. The van der Waals surface area contributed by atoms with Gasteiger partial charge in [0.25, 0.3) is 0 Å². The lowest BCUT2D eigenvalue weighted by molar-refractivity contribution is 0.0697. The first-order valence-electron chi connectivity index (χ1n) is 8.39. The molecule has 0 bridgehead atoms. The van der Waals surface area contributed by atoms with Crippen LogP contribution in [0.4, 0.5) is 20.2 Å². The van der Waals surface area contributed by atoms with E-state index in [9.17, 15) is 13.6 Å². The van der Waals surface area contributed by atoms with Crippen LogP contribution >= 0.6 is 0 Å². The Bertz CT molecular complexity index is 880. The summed E-state index contributed by atoms with van der Waals surface area (Å²) in [5, 5.41) is 9.16. The van der Waals surface area contributed by atoms with Gasteiger partial charge in [0.05, 0.1) is 17.9 Å². The topological polar surface area (TPSA) is 49.8 Å². The van der Waals surface area contributed by atoms with Crippen molar-refractivity contribution in [1.29, 1.82) is 0 Å². The lowest BCUT2D eigenvalue weighted by Crippen LogP contribution is -2.30. The minimum Gasteiger partial charge on any atom is -0.488 e. The van der Waals surface area contributed by atoms with Gasteiger partial charge in [0, 0.05) is 11.7 Å².